The van der Waals surface area contributed by atoms with Crippen molar-refractivity contribution in [1.82, 2.24) is 9.97 Å². The molecule has 0 saturated carbocycles. The van der Waals surface area contributed by atoms with Crippen molar-refractivity contribution in [3.63, 3.8) is 0 Å². The predicted molar refractivity (Wildman–Crippen MR) is 110 cm³/mol. The van der Waals surface area contributed by atoms with Gasteiger partial charge in [0.15, 0.2) is 5.11 Å². The van der Waals surface area contributed by atoms with Crippen molar-refractivity contribution >= 4 is 50.5 Å². The minimum absolute atomic E-state index is 0.484. The first-order valence-electron chi connectivity index (χ1n) is 8.09. The SMILES string of the molecule is COc1ccc(NC(=S)Nc2cc3ncccc3c3cccnc23)cc1. The van der Waals surface area contributed by atoms with Gasteiger partial charge in [0, 0.05) is 28.9 Å². The van der Waals surface area contributed by atoms with E-state index in [1.165, 1.54) is 0 Å². The Hall–Kier alpha value is -3.25. The number of aromatic nitrogens is 2. The zero-order valence-electron chi connectivity index (χ0n) is 14.1. The zero-order valence-corrected chi connectivity index (χ0v) is 14.9. The molecule has 0 spiro atoms. The highest BCUT2D eigenvalue weighted by atomic mass is 32.1. The van der Waals surface area contributed by atoms with Gasteiger partial charge in [-0.05, 0) is 54.7 Å². The number of nitrogens with one attached hydrogen (secondary N) is 2. The Balaban J connectivity index is 1.66. The number of fused-ring (bicyclic) bond motifs is 3. The highest BCUT2D eigenvalue weighted by Gasteiger charge is 2.09. The number of hydrogen-bond donors (Lipinski definition) is 2. The highest BCUT2D eigenvalue weighted by Crippen LogP contribution is 2.29. The summed E-state index contributed by atoms with van der Waals surface area (Å²) >= 11 is 5.46. The van der Waals surface area contributed by atoms with E-state index in [9.17, 15) is 0 Å². The Bertz CT molecular complexity index is 1100. The van der Waals surface area contributed by atoms with Gasteiger partial charge in [-0.1, -0.05) is 12.1 Å². The van der Waals surface area contributed by atoms with E-state index in [0.29, 0.717) is 5.11 Å². The third-order valence-corrected chi connectivity index (χ3v) is 4.27. The van der Waals surface area contributed by atoms with Crippen LogP contribution < -0.4 is 15.4 Å². The van der Waals surface area contributed by atoms with Crippen LogP contribution in [0.25, 0.3) is 21.8 Å². The normalized spacial score (nSPS) is 10.7. The van der Waals surface area contributed by atoms with Crippen LogP contribution in [0.1, 0.15) is 0 Å². The Morgan fingerprint density at radius 1 is 0.923 bits per heavy atom. The van der Waals surface area contributed by atoms with E-state index in [4.69, 9.17) is 17.0 Å². The first kappa shape index (κ1) is 16.2. The van der Waals surface area contributed by atoms with Crippen molar-refractivity contribution in [1.29, 1.82) is 0 Å². The molecule has 2 aromatic carbocycles. The lowest BCUT2D eigenvalue weighted by atomic mass is 10.1. The Labute approximate surface area is 156 Å². The van der Waals surface area contributed by atoms with Crippen LogP contribution in [0.15, 0.2) is 67.0 Å². The Morgan fingerprint density at radius 3 is 2.42 bits per heavy atom. The number of pyridine rings is 2. The lowest BCUT2D eigenvalue weighted by Gasteiger charge is -2.13. The fourth-order valence-corrected chi connectivity index (χ4v) is 3.08. The van der Waals surface area contributed by atoms with E-state index >= 15 is 0 Å². The molecule has 0 aliphatic heterocycles. The van der Waals surface area contributed by atoms with Crippen LogP contribution in [0.3, 0.4) is 0 Å². The molecule has 2 N–H and O–H groups in total. The maximum absolute atomic E-state index is 5.46. The number of hydrogen-bond acceptors (Lipinski definition) is 4. The highest BCUT2D eigenvalue weighted by molar-refractivity contribution is 7.80. The second-order valence-corrected chi connectivity index (χ2v) is 6.11. The van der Waals surface area contributed by atoms with Crippen molar-refractivity contribution in [2.24, 2.45) is 0 Å². The van der Waals surface area contributed by atoms with Crippen molar-refractivity contribution in [2.75, 3.05) is 17.7 Å². The van der Waals surface area contributed by atoms with Crippen molar-refractivity contribution in [3.05, 3.63) is 67.0 Å². The molecule has 4 aromatic rings. The van der Waals surface area contributed by atoms with E-state index < -0.39 is 0 Å². The third-order valence-electron chi connectivity index (χ3n) is 4.07. The van der Waals surface area contributed by atoms with Gasteiger partial charge in [0.25, 0.3) is 0 Å². The van der Waals surface area contributed by atoms with Crippen LogP contribution in [-0.4, -0.2) is 22.2 Å². The van der Waals surface area contributed by atoms with Crippen LogP contribution in [0.4, 0.5) is 11.4 Å². The summed E-state index contributed by atoms with van der Waals surface area (Å²) in [5.41, 5.74) is 3.44. The van der Waals surface area contributed by atoms with Gasteiger partial charge in [-0.3, -0.25) is 9.97 Å². The first-order valence-corrected chi connectivity index (χ1v) is 8.50. The molecule has 0 bridgehead atoms. The van der Waals surface area contributed by atoms with Crippen molar-refractivity contribution in [2.45, 2.75) is 0 Å². The smallest absolute Gasteiger partial charge is 0.175 e. The van der Waals surface area contributed by atoms with Gasteiger partial charge in [-0.25, -0.2) is 0 Å². The molecule has 5 nitrogen and oxygen atoms in total. The van der Waals surface area contributed by atoms with E-state index in [1.807, 2.05) is 54.6 Å². The topological polar surface area (TPSA) is 59.1 Å². The van der Waals surface area contributed by atoms with Crippen LogP contribution in [0.5, 0.6) is 5.75 Å². The standard InChI is InChI=1S/C20H16N4OS/c1-25-14-8-6-13(7-9-14)23-20(26)24-18-12-17-15(4-2-10-21-17)16-5-3-11-22-19(16)18/h2-12H,1H3,(H2,23,24,26). The van der Waals surface area contributed by atoms with Gasteiger partial charge in [0.1, 0.15) is 5.75 Å². The van der Waals surface area contributed by atoms with E-state index in [0.717, 1.165) is 38.9 Å². The van der Waals surface area contributed by atoms with Gasteiger partial charge in [-0.15, -0.1) is 0 Å². The fraction of sp³-hybridized carbons (Fsp3) is 0.0500. The summed E-state index contributed by atoms with van der Waals surface area (Å²) in [5.74, 6) is 0.797. The van der Waals surface area contributed by atoms with Crippen LogP contribution in [0.2, 0.25) is 0 Å². The minimum atomic E-state index is 0.484. The molecule has 6 heteroatoms. The second-order valence-electron chi connectivity index (χ2n) is 5.70. The first-order chi connectivity index (χ1) is 12.7. The molecule has 0 aliphatic carbocycles. The lowest BCUT2D eigenvalue weighted by molar-refractivity contribution is 0.415. The molecular formula is C20H16N4OS. The Morgan fingerprint density at radius 2 is 1.65 bits per heavy atom. The molecule has 128 valence electrons. The molecule has 26 heavy (non-hydrogen) atoms. The number of ether oxygens (including phenoxy) is 1. The maximum Gasteiger partial charge on any atom is 0.175 e. The number of rotatable bonds is 3. The van der Waals surface area contributed by atoms with Gasteiger partial charge >= 0.3 is 0 Å². The largest absolute Gasteiger partial charge is 0.497 e. The predicted octanol–water partition coefficient (Wildman–Crippen LogP) is 4.60. The monoisotopic (exact) mass is 360 g/mol. The number of benzene rings is 2. The average Bonchev–Trinajstić information content (AvgIpc) is 2.69. The summed E-state index contributed by atoms with van der Waals surface area (Å²) in [6, 6.07) is 17.5. The quantitative estimate of drug-likeness (QED) is 0.411. The number of methoxy groups -OCH3 is 1. The van der Waals surface area contributed by atoms with E-state index in [2.05, 4.69) is 20.6 Å². The summed E-state index contributed by atoms with van der Waals surface area (Å²) in [4.78, 5) is 8.98. The van der Waals surface area contributed by atoms with E-state index in [-0.39, 0.29) is 0 Å². The number of thiocarbonyl (C=S) groups is 1. The van der Waals surface area contributed by atoms with Crippen molar-refractivity contribution in [3.8, 4) is 5.75 Å². The van der Waals surface area contributed by atoms with Gasteiger partial charge in [0.2, 0.25) is 0 Å². The summed E-state index contributed by atoms with van der Waals surface area (Å²) < 4.78 is 5.17. The molecule has 0 fully saturated rings. The number of anilines is 2. The third kappa shape index (κ3) is 3.14. The molecule has 0 atom stereocenters. The Kier molecular flexibility index (Phi) is 4.33. The summed E-state index contributed by atoms with van der Waals surface area (Å²) in [6.07, 6.45) is 3.55. The van der Waals surface area contributed by atoms with Gasteiger partial charge < -0.3 is 15.4 Å². The second kappa shape index (κ2) is 6.93. The zero-order chi connectivity index (χ0) is 17.9. The van der Waals surface area contributed by atoms with Crippen molar-refractivity contribution < 1.29 is 4.74 Å². The molecule has 4 rings (SSSR count). The lowest BCUT2D eigenvalue weighted by Crippen LogP contribution is -2.19. The van der Waals surface area contributed by atoms with Crippen LogP contribution in [-0.2, 0) is 0 Å². The molecule has 2 aromatic heterocycles. The molecule has 0 saturated heterocycles. The molecule has 0 unspecified atom stereocenters. The number of nitrogens with zero attached hydrogens (tertiary/aromatic N) is 2. The molecule has 2 heterocycles. The average molecular weight is 360 g/mol. The van der Waals surface area contributed by atoms with Gasteiger partial charge in [0.05, 0.1) is 23.8 Å². The summed E-state index contributed by atoms with van der Waals surface area (Å²) in [6.45, 7) is 0. The summed E-state index contributed by atoms with van der Waals surface area (Å²) in [7, 11) is 1.64. The molecule has 0 aliphatic rings. The molecule has 0 amide bonds. The van der Waals surface area contributed by atoms with E-state index in [1.54, 1.807) is 19.5 Å². The summed E-state index contributed by atoms with van der Waals surface area (Å²) in [5, 5.41) is 9.00. The molecule has 0 radical (unpaired) electrons. The maximum atomic E-state index is 5.46. The van der Waals surface area contributed by atoms with Crippen LogP contribution >= 0.6 is 12.2 Å². The van der Waals surface area contributed by atoms with Crippen LogP contribution in [0, 0.1) is 0 Å². The molecular weight excluding hydrogens is 344 g/mol. The minimum Gasteiger partial charge on any atom is -0.497 e. The fourth-order valence-electron chi connectivity index (χ4n) is 2.86. The van der Waals surface area contributed by atoms with Gasteiger partial charge in [-0.2, -0.15) is 0 Å².